The normalized spacial score (nSPS) is 13.4. The van der Waals surface area contributed by atoms with E-state index in [2.05, 4.69) is 16.0 Å². The Labute approximate surface area is 98.5 Å². The maximum atomic E-state index is 11.2. The molecule has 0 aromatic rings. The fourth-order valence-electron chi connectivity index (χ4n) is 1.10. The van der Waals surface area contributed by atoms with Crippen molar-refractivity contribution in [2.24, 2.45) is 0 Å². The number of hydrogen-bond acceptors (Lipinski definition) is 4. The van der Waals surface area contributed by atoms with E-state index < -0.39 is 11.8 Å². The molecule has 0 spiro atoms. The minimum atomic E-state index is -0.867. The molecule has 0 atom stereocenters. The van der Waals surface area contributed by atoms with Gasteiger partial charge in [-0.25, -0.2) is 0 Å². The zero-order valence-corrected chi connectivity index (χ0v) is 9.28. The summed E-state index contributed by atoms with van der Waals surface area (Å²) < 4.78 is 0. The molecule has 7 heteroatoms. The highest BCUT2D eigenvalue weighted by Crippen LogP contribution is 2.18. The Balaban J connectivity index is 2.08. The molecule has 1 aliphatic rings. The zero-order valence-electron chi connectivity index (χ0n) is 9.28. The van der Waals surface area contributed by atoms with Crippen molar-refractivity contribution in [3.63, 3.8) is 0 Å². The van der Waals surface area contributed by atoms with Crippen LogP contribution in [-0.4, -0.2) is 36.9 Å². The van der Waals surface area contributed by atoms with Gasteiger partial charge < -0.3 is 16.0 Å². The number of nitriles is 1. The van der Waals surface area contributed by atoms with E-state index in [9.17, 15) is 14.4 Å². The molecule has 0 unspecified atom stereocenters. The molecular formula is C10H14N4O3. The first-order valence-corrected chi connectivity index (χ1v) is 5.36. The minimum absolute atomic E-state index is 0.108. The molecule has 0 heterocycles. The van der Waals surface area contributed by atoms with E-state index in [-0.39, 0.29) is 31.5 Å². The van der Waals surface area contributed by atoms with Crippen molar-refractivity contribution in [2.75, 3.05) is 13.1 Å². The second kappa shape index (κ2) is 6.48. The van der Waals surface area contributed by atoms with Crippen molar-refractivity contribution in [3.8, 4) is 6.07 Å². The number of rotatable bonds is 5. The van der Waals surface area contributed by atoms with Gasteiger partial charge in [0.25, 0.3) is 0 Å². The highest BCUT2D eigenvalue weighted by molar-refractivity contribution is 6.35. The largest absolute Gasteiger partial charge is 0.353 e. The van der Waals surface area contributed by atoms with Crippen LogP contribution in [0.25, 0.3) is 0 Å². The lowest BCUT2D eigenvalue weighted by atomic mass is 10.4. The van der Waals surface area contributed by atoms with Gasteiger partial charge in [0.1, 0.15) is 6.54 Å². The fourth-order valence-corrected chi connectivity index (χ4v) is 1.10. The van der Waals surface area contributed by atoms with Gasteiger partial charge in [-0.1, -0.05) is 0 Å². The smallest absolute Gasteiger partial charge is 0.310 e. The molecule has 0 radical (unpaired) electrons. The second-order valence-corrected chi connectivity index (χ2v) is 3.69. The van der Waals surface area contributed by atoms with Crippen molar-refractivity contribution in [3.05, 3.63) is 0 Å². The van der Waals surface area contributed by atoms with E-state index in [1.54, 1.807) is 6.07 Å². The summed E-state index contributed by atoms with van der Waals surface area (Å²) in [5.74, 6) is -1.83. The average molecular weight is 238 g/mol. The minimum Gasteiger partial charge on any atom is -0.353 e. The van der Waals surface area contributed by atoms with Gasteiger partial charge in [0.2, 0.25) is 5.91 Å². The third kappa shape index (κ3) is 5.51. The molecule has 0 bridgehead atoms. The lowest BCUT2D eigenvalue weighted by Gasteiger charge is -2.05. The molecule has 1 saturated carbocycles. The predicted octanol–water partition coefficient (Wildman–Crippen LogP) is -1.59. The van der Waals surface area contributed by atoms with Crippen LogP contribution in [0.4, 0.5) is 0 Å². The van der Waals surface area contributed by atoms with Crippen molar-refractivity contribution in [2.45, 2.75) is 25.3 Å². The van der Waals surface area contributed by atoms with Crippen LogP contribution < -0.4 is 16.0 Å². The summed E-state index contributed by atoms with van der Waals surface area (Å²) in [6.07, 6.45) is 2.16. The number of nitrogens with one attached hydrogen (secondary N) is 3. The summed E-state index contributed by atoms with van der Waals surface area (Å²) in [5.41, 5.74) is 0. The Hall–Kier alpha value is -2.10. The topological polar surface area (TPSA) is 111 Å². The van der Waals surface area contributed by atoms with Gasteiger partial charge in [0.15, 0.2) is 0 Å². The van der Waals surface area contributed by atoms with Crippen LogP contribution in [0.15, 0.2) is 0 Å². The molecule has 17 heavy (non-hydrogen) atoms. The van der Waals surface area contributed by atoms with Gasteiger partial charge >= 0.3 is 11.8 Å². The summed E-state index contributed by atoms with van der Waals surface area (Å²) in [6, 6.07) is 1.97. The molecule has 1 aliphatic carbocycles. The molecule has 0 aromatic heterocycles. The summed E-state index contributed by atoms with van der Waals surface area (Å²) in [7, 11) is 0. The SMILES string of the molecule is N#CCNC(=O)C(=O)NCCC(=O)NC1CC1. The Morgan fingerprint density at radius 3 is 2.41 bits per heavy atom. The Morgan fingerprint density at radius 1 is 1.18 bits per heavy atom. The van der Waals surface area contributed by atoms with E-state index >= 15 is 0 Å². The lowest BCUT2D eigenvalue weighted by Crippen LogP contribution is -2.41. The van der Waals surface area contributed by atoms with Crippen LogP contribution in [0.1, 0.15) is 19.3 Å². The Bertz CT molecular complexity index is 357. The summed E-state index contributed by atoms with van der Waals surface area (Å²) >= 11 is 0. The second-order valence-electron chi connectivity index (χ2n) is 3.69. The molecular weight excluding hydrogens is 224 g/mol. The zero-order chi connectivity index (χ0) is 12.7. The lowest BCUT2D eigenvalue weighted by molar-refractivity contribution is -0.139. The highest BCUT2D eigenvalue weighted by atomic mass is 16.2. The quantitative estimate of drug-likeness (QED) is 0.396. The van der Waals surface area contributed by atoms with Crippen LogP contribution in [0.3, 0.4) is 0 Å². The molecule has 1 fully saturated rings. The van der Waals surface area contributed by atoms with Crippen LogP contribution in [0.5, 0.6) is 0 Å². The number of carbonyl (C=O) groups excluding carboxylic acids is 3. The van der Waals surface area contributed by atoms with Crippen molar-refractivity contribution in [1.29, 1.82) is 5.26 Å². The summed E-state index contributed by atoms with van der Waals surface area (Å²) in [5, 5.41) is 15.3. The third-order valence-corrected chi connectivity index (χ3v) is 2.11. The summed E-state index contributed by atoms with van der Waals surface area (Å²) in [6.45, 7) is -0.105. The Morgan fingerprint density at radius 2 is 1.82 bits per heavy atom. The maximum Gasteiger partial charge on any atom is 0.310 e. The van der Waals surface area contributed by atoms with Crippen LogP contribution in [0, 0.1) is 11.3 Å². The molecule has 3 amide bonds. The van der Waals surface area contributed by atoms with Gasteiger partial charge in [-0.2, -0.15) is 5.26 Å². The van der Waals surface area contributed by atoms with E-state index in [1.165, 1.54) is 0 Å². The molecule has 3 N–H and O–H groups in total. The molecule has 7 nitrogen and oxygen atoms in total. The summed E-state index contributed by atoms with van der Waals surface area (Å²) in [4.78, 5) is 33.3. The molecule has 92 valence electrons. The Kier molecular flexibility index (Phi) is 4.94. The van der Waals surface area contributed by atoms with E-state index in [0.717, 1.165) is 12.8 Å². The fraction of sp³-hybridized carbons (Fsp3) is 0.600. The van der Waals surface area contributed by atoms with E-state index in [0.29, 0.717) is 0 Å². The van der Waals surface area contributed by atoms with E-state index in [4.69, 9.17) is 5.26 Å². The highest BCUT2D eigenvalue weighted by Gasteiger charge is 2.23. The first-order valence-electron chi connectivity index (χ1n) is 5.36. The predicted molar refractivity (Wildman–Crippen MR) is 57.4 cm³/mol. The van der Waals surface area contributed by atoms with Gasteiger partial charge in [-0.05, 0) is 12.8 Å². The van der Waals surface area contributed by atoms with Gasteiger partial charge in [0, 0.05) is 19.0 Å². The van der Waals surface area contributed by atoms with Gasteiger partial charge in [-0.15, -0.1) is 0 Å². The van der Waals surface area contributed by atoms with Crippen molar-refractivity contribution in [1.82, 2.24) is 16.0 Å². The van der Waals surface area contributed by atoms with Crippen LogP contribution in [-0.2, 0) is 14.4 Å². The number of carbonyl (C=O) groups is 3. The van der Waals surface area contributed by atoms with Crippen LogP contribution >= 0.6 is 0 Å². The molecule has 0 aliphatic heterocycles. The monoisotopic (exact) mass is 238 g/mol. The first-order chi connectivity index (χ1) is 8.13. The molecule has 0 aromatic carbocycles. The molecule has 1 rings (SSSR count). The molecule has 0 saturated heterocycles. The average Bonchev–Trinajstić information content (AvgIpc) is 3.09. The van der Waals surface area contributed by atoms with Crippen LogP contribution in [0.2, 0.25) is 0 Å². The maximum absolute atomic E-state index is 11.2. The van der Waals surface area contributed by atoms with E-state index in [1.807, 2.05) is 0 Å². The number of amides is 3. The standard InChI is InChI=1S/C10H14N4O3/c11-4-6-13-10(17)9(16)12-5-3-8(15)14-7-1-2-7/h7H,1-3,5-6H2,(H,12,16)(H,13,17)(H,14,15). The van der Waals surface area contributed by atoms with Crippen molar-refractivity contribution < 1.29 is 14.4 Å². The number of hydrogen-bond donors (Lipinski definition) is 3. The number of nitrogens with zero attached hydrogens (tertiary/aromatic N) is 1. The van der Waals surface area contributed by atoms with Crippen molar-refractivity contribution >= 4 is 17.7 Å². The van der Waals surface area contributed by atoms with Gasteiger partial charge in [0.05, 0.1) is 6.07 Å². The third-order valence-electron chi connectivity index (χ3n) is 2.11. The first kappa shape index (κ1) is 13.0. The van der Waals surface area contributed by atoms with Gasteiger partial charge in [-0.3, -0.25) is 14.4 Å².